The molecule has 0 spiro atoms. The van der Waals surface area contributed by atoms with Crippen LogP contribution in [0.2, 0.25) is 0 Å². The lowest BCUT2D eigenvalue weighted by atomic mass is 10.0. The lowest BCUT2D eigenvalue weighted by molar-refractivity contribution is -0.0148. The molecule has 2 aromatic rings. The van der Waals surface area contributed by atoms with Crippen molar-refractivity contribution in [3.05, 3.63) is 36.0 Å². The number of amides is 1. The molecule has 1 aromatic carbocycles. The van der Waals surface area contributed by atoms with E-state index in [0.717, 1.165) is 17.3 Å². The number of hydrogen-bond acceptors (Lipinski definition) is 3. The van der Waals surface area contributed by atoms with E-state index in [1.54, 1.807) is 7.11 Å². The van der Waals surface area contributed by atoms with Crippen molar-refractivity contribution in [1.29, 1.82) is 0 Å². The van der Waals surface area contributed by atoms with Gasteiger partial charge in [0.05, 0.1) is 6.61 Å². The minimum atomic E-state index is -0.383. The Kier molecular flexibility index (Phi) is 3.46. The van der Waals surface area contributed by atoms with Crippen LogP contribution in [0.1, 0.15) is 16.8 Å². The van der Waals surface area contributed by atoms with Gasteiger partial charge in [0.1, 0.15) is 5.60 Å². The fourth-order valence-corrected chi connectivity index (χ4v) is 2.49. The smallest absolute Gasteiger partial charge is 0.251 e. The summed E-state index contributed by atoms with van der Waals surface area (Å²) >= 11 is 0. The van der Waals surface area contributed by atoms with Gasteiger partial charge in [0.2, 0.25) is 0 Å². The van der Waals surface area contributed by atoms with Crippen molar-refractivity contribution < 1.29 is 14.3 Å². The number of H-pyrrole nitrogens is 1. The standard InChI is InChI=1S/C15H18N2O3/c1-19-15(5-7-20-10-15)9-17-14(18)12-3-2-11-4-6-16-13(11)8-12/h2-4,6,8,16H,5,7,9-10H2,1H3,(H,17,18). The molecule has 1 atom stereocenters. The normalized spacial score (nSPS) is 22.2. The zero-order valence-corrected chi connectivity index (χ0v) is 11.4. The summed E-state index contributed by atoms with van der Waals surface area (Å²) in [4.78, 5) is 15.3. The molecule has 2 heterocycles. The Labute approximate surface area is 117 Å². The van der Waals surface area contributed by atoms with Gasteiger partial charge >= 0.3 is 0 Å². The van der Waals surface area contributed by atoms with Crippen LogP contribution in [-0.2, 0) is 9.47 Å². The zero-order chi connectivity index (χ0) is 14.0. The molecule has 1 unspecified atom stereocenters. The third-order valence-corrected chi connectivity index (χ3v) is 3.89. The average Bonchev–Trinajstić information content (AvgIpc) is 3.13. The summed E-state index contributed by atoms with van der Waals surface area (Å²) in [5.74, 6) is -0.0928. The maximum atomic E-state index is 12.2. The van der Waals surface area contributed by atoms with Gasteiger partial charge in [0, 0.05) is 44.0 Å². The molecule has 0 bridgehead atoms. The molecule has 1 aromatic heterocycles. The first kappa shape index (κ1) is 13.1. The number of rotatable bonds is 4. The molecule has 1 saturated heterocycles. The SMILES string of the molecule is COC1(CNC(=O)c2ccc3cc[nH]c3c2)CCOC1. The summed E-state index contributed by atoms with van der Waals surface area (Å²) in [6.45, 7) is 1.67. The highest BCUT2D eigenvalue weighted by atomic mass is 16.5. The van der Waals surface area contributed by atoms with Gasteiger partial charge in [-0.1, -0.05) is 6.07 Å². The second-order valence-corrected chi connectivity index (χ2v) is 5.15. The van der Waals surface area contributed by atoms with Crippen LogP contribution in [0.4, 0.5) is 0 Å². The Morgan fingerprint density at radius 2 is 2.40 bits per heavy atom. The molecule has 3 rings (SSSR count). The lowest BCUT2D eigenvalue weighted by Gasteiger charge is -2.25. The van der Waals surface area contributed by atoms with Gasteiger partial charge in [0.15, 0.2) is 0 Å². The molecule has 2 N–H and O–H groups in total. The van der Waals surface area contributed by atoms with Crippen molar-refractivity contribution in [1.82, 2.24) is 10.3 Å². The monoisotopic (exact) mass is 274 g/mol. The van der Waals surface area contributed by atoms with Crippen molar-refractivity contribution in [2.24, 2.45) is 0 Å². The van der Waals surface area contributed by atoms with E-state index in [1.165, 1.54) is 0 Å². The van der Waals surface area contributed by atoms with Gasteiger partial charge in [-0.25, -0.2) is 0 Å². The number of nitrogens with one attached hydrogen (secondary N) is 2. The van der Waals surface area contributed by atoms with Crippen molar-refractivity contribution in [2.75, 3.05) is 26.9 Å². The predicted octanol–water partition coefficient (Wildman–Crippen LogP) is 1.70. The van der Waals surface area contributed by atoms with E-state index in [-0.39, 0.29) is 11.5 Å². The number of carbonyl (C=O) groups excluding carboxylic acids is 1. The van der Waals surface area contributed by atoms with Gasteiger partial charge in [0.25, 0.3) is 5.91 Å². The molecular formula is C15H18N2O3. The van der Waals surface area contributed by atoms with Crippen LogP contribution in [0.5, 0.6) is 0 Å². The van der Waals surface area contributed by atoms with E-state index in [9.17, 15) is 4.79 Å². The largest absolute Gasteiger partial charge is 0.378 e. The number of ether oxygens (including phenoxy) is 2. The second kappa shape index (κ2) is 5.26. The Hall–Kier alpha value is -1.85. The fourth-order valence-electron chi connectivity index (χ4n) is 2.49. The van der Waals surface area contributed by atoms with Crippen molar-refractivity contribution >= 4 is 16.8 Å². The van der Waals surface area contributed by atoms with Crippen molar-refractivity contribution in [3.8, 4) is 0 Å². The molecule has 106 valence electrons. The maximum absolute atomic E-state index is 12.2. The van der Waals surface area contributed by atoms with E-state index >= 15 is 0 Å². The average molecular weight is 274 g/mol. The number of methoxy groups -OCH3 is 1. The molecule has 1 aliphatic heterocycles. The van der Waals surface area contributed by atoms with Crippen LogP contribution in [0.15, 0.2) is 30.5 Å². The third-order valence-electron chi connectivity index (χ3n) is 3.89. The van der Waals surface area contributed by atoms with Crippen LogP contribution in [0.25, 0.3) is 10.9 Å². The van der Waals surface area contributed by atoms with Crippen LogP contribution < -0.4 is 5.32 Å². The summed E-state index contributed by atoms with van der Waals surface area (Å²) < 4.78 is 10.9. The molecule has 1 fully saturated rings. The van der Waals surface area contributed by atoms with E-state index in [4.69, 9.17) is 9.47 Å². The van der Waals surface area contributed by atoms with E-state index in [2.05, 4.69) is 10.3 Å². The molecule has 0 saturated carbocycles. The minimum Gasteiger partial charge on any atom is -0.378 e. The second-order valence-electron chi connectivity index (χ2n) is 5.15. The molecule has 1 amide bonds. The Balaban J connectivity index is 1.69. The summed E-state index contributed by atoms with van der Waals surface area (Å²) in [7, 11) is 1.66. The maximum Gasteiger partial charge on any atom is 0.251 e. The summed E-state index contributed by atoms with van der Waals surface area (Å²) in [6.07, 6.45) is 2.67. The third kappa shape index (κ3) is 2.42. The Morgan fingerprint density at radius 1 is 1.50 bits per heavy atom. The van der Waals surface area contributed by atoms with Gasteiger partial charge in [-0.05, 0) is 23.6 Å². The van der Waals surface area contributed by atoms with Gasteiger partial charge < -0.3 is 19.8 Å². The first-order valence-electron chi connectivity index (χ1n) is 6.71. The highest BCUT2D eigenvalue weighted by molar-refractivity contribution is 5.97. The molecule has 5 nitrogen and oxygen atoms in total. The minimum absolute atomic E-state index is 0.0928. The number of aromatic amines is 1. The number of fused-ring (bicyclic) bond motifs is 1. The number of aromatic nitrogens is 1. The molecule has 0 radical (unpaired) electrons. The summed E-state index contributed by atoms with van der Waals surface area (Å²) in [5, 5.41) is 4.03. The topological polar surface area (TPSA) is 63.3 Å². The van der Waals surface area contributed by atoms with Gasteiger partial charge in [-0.15, -0.1) is 0 Å². The van der Waals surface area contributed by atoms with Gasteiger partial charge in [-0.2, -0.15) is 0 Å². The van der Waals surface area contributed by atoms with E-state index in [1.807, 2.05) is 30.5 Å². The number of hydrogen-bond donors (Lipinski definition) is 2. The lowest BCUT2D eigenvalue weighted by Crippen LogP contribution is -2.45. The van der Waals surface area contributed by atoms with Crippen LogP contribution in [0.3, 0.4) is 0 Å². The van der Waals surface area contributed by atoms with Crippen LogP contribution in [0, 0.1) is 0 Å². The summed E-state index contributed by atoms with van der Waals surface area (Å²) in [5.41, 5.74) is 1.22. The van der Waals surface area contributed by atoms with E-state index in [0.29, 0.717) is 25.3 Å². The van der Waals surface area contributed by atoms with Crippen molar-refractivity contribution in [3.63, 3.8) is 0 Å². The highest BCUT2D eigenvalue weighted by Gasteiger charge is 2.35. The summed E-state index contributed by atoms with van der Waals surface area (Å²) in [6, 6.07) is 7.60. The molecular weight excluding hydrogens is 256 g/mol. The zero-order valence-electron chi connectivity index (χ0n) is 11.4. The van der Waals surface area contributed by atoms with Gasteiger partial charge in [-0.3, -0.25) is 4.79 Å². The van der Waals surface area contributed by atoms with Crippen LogP contribution in [-0.4, -0.2) is 43.4 Å². The molecule has 0 aliphatic carbocycles. The van der Waals surface area contributed by atoms with E-state index < -0.39 is 0 Å². The first-order chi connectivity index (χ1) is 9.72. The Morgan fingerprint density at radius 3 is 3.15 bits per heavy atom. The number of benzene rings is 1. The fraction of sp³-hybridized carbons (Fsp3) is 0.400. The highest BCUT2D eigenvalue weighted by Crippen LogP contribution is 2.21. The molecule has 1 aliphatic rings. The predicted molar refractivity (Wildman–Crippen MR) is 75.8 cm³/mol. The molecule has 20 heavy (non-hydrogen) atoms. The molecule has 5 heteroatoms. The quantitative estimate of drug-likeness (QED) is 0.892. The van der Waals surface area contributed by atoms with Crippen LogP contribution >= 0.6 is 0 Å². The van der Waals surface area contributed by atoms with Crippen molar-refractivity contribution in [2.45, 2.75) is 12.0 Å². The first-order valence-corrected chi connectivity index (χ1v) is 6.71. The number of carbonyl (C=O) groups is 1. The Bertz CT molecular complexity index is 614.